The zero-order chi connectivity index (χ0) is 17.3. The fraction of sp³-hybridized carbons (Fsp3) is 0.125. The summed E-state index contributed by atoms with van der Waals surface area (Å²) in [5.41, 5.74) is 2.00. The van der Waals surface area contributed by atoms with Crippen LogP contribution in [0.5, 0.6) is 0 Å². The van der Waals surface area contributed by atoms with Gasteiger partial charge in [-0.05, 0) is 31.2 Å². The van der Waals surface area contributed by atoms with Crippen LogP contribution >= 0.6 is 23.2 Å². The van der Waals surface area contributed by atoms with Crippen molar-refractivity contribution in [1.29, 1.82) is 0 Å². The van der Waals surface area contributed by atoms with Crippen molar-refractivity contribution in [2.24, 2.45) is 7.05 Å². The Kier molecular flexibility index (Phi) is 4.51. The van der Waals surface area contributed by atoms with Gasteiger partial charge in [-0.1, -0.05) is 23.2 Å². The molecule has 2 heterocycles. The molecule has 0 radical (unpaired) electrons. The minimum Gasteiger partial charge on any atom is -0.304 e. The summed E-state index contributed by atoms with van der Waals surface area (Å²) in [6, 6.07) is 6.73. The average molecular weight is 362 g/mol. The molecule has 3 aromatic rings. The van der Waals surface area contributed by atoms with Crippen LogP contribution in [0.15, 0.2) is 36.7 Å². The summed E-state index contributed by atoms with van der Waals surface area (Å²) in [7, 11) is 1.74. The number of aromatic nitrogens is 4. The highest BCUT2D eigenvalue weighted by atomic mass is 35.5. The third-order valence-corrected chi connectivity index (χ3v) is 3.98. The number of carbonyl (C=O) groups is 1. The molecule has 1 amide bonds. The number of anilines is 1. The number of carbonyl (C=O) groups excluding carboxylic acids is 1. The molecule has 0 aliphatic heterocycles. The van der Waals surface area contributed by atoms with E-state index < -0.39 is 5.91 Å². The first-order chi connectivity index (χ1) is 11.5. The van der Waals surface area contributed by atoms with Crippen LogP contribution in [0.2, 0.25) is 10.0 Å². The zero-order valence-corrected chi connectivity index (χ0v) is 14.4. The second-order valence-electron chi connectivity index (χ2n) is 5.14. The third-order valence-electron chi connectivity index (χ3n) is 3.42. The summed E-state index contributed by atoms with van der Waals surface area (Å²) < 4.78 is 1.57. The van der Waals surface area contributed by atoms with Crippen molar-refractivity contribution in [3.8, 4) is 11.3 Å². The molecule has 6 nitrogen and oxygen atoms in total. The first-order valence-electron chi connectivity index (χ1n) is 7.04. The highest BCUT2D eigenvalue weighted by Gasteiger charge is 2.15. The summed E-state index contributed by atoms with van der Waals surface area (Å²) in [5, 5.41) is 7.86. The van der Waals surface area contributed by atoms with Crippen LogP contribution in [0, 0.1) is 6.92 Å². The van der Waals surface area contributed by atoms with Gasteiger partial charge in [-0.25, -0.2) is 9.97 Å². The van der Waals surface area contributed by atoms with Crippen molar-refractivity contribution in [3.63, 3.8) is 0 Å². The Balaban J connectivity index is 1.93. The molecule has 0 atom stereocenters. The van der Waals surface area contributed by atoms with Gasteiger partial charge in [0.1, 0.15) is 5.82 Å². The molecule has 0 aliphatic carbocycles. The lowest BCUT2D eigenvalue weighted by molar-refractivity contribution is 0.101. The van der Waals surface area contributed by atoms with Crippen molar-refractivity contribution in [3.05, 3.63) is 58.1 Å². The smallest absolute Gasteiger partial charge is 0.294 e. The van der Waals surface area contributed by atoms with E-state index in [-0.39, 0.29) is 5.82 Å². The van der Waals surface area contributed by atoms with E-state index in [0.29, 0.717) is 27.1 Å². The quantitative estimate of drug-likeness (QED) is 0.770. The fourth-order valence-corrected chi connectivity index (χ4v) is 2.59. The molecule has 1 aromatic carbocycles. The van der Waals surface area contributed by atoms with Crippen LogP contribution in [0.25, 0.3) is 11.3 Å². The number of halogens is 2. The number of hydrogen-bond acceptors (Lipinski definition) is 4. The SMILES string of the molecule is Cc1cnn(C)c1NC(=O)c1nccc(-c2cc(Cl)ccc2Cl)n1. The molecule has 0 aliphatic rings. The van der Waals surface area contributed by atoms with Gasteiger partial charge in [-0.3, -0.25) is 9.48 Å². The Hall–Kier alpha value is -2.44. The molecule has 0 saturated carbocycles. The molecular formula is C16H13Cl2N5O. The van der Waals surface area contributed by atoms with E-state index in [0.717, 1.165) is 5.56 Å². The monoisotopic (exact) mass is 361 g/mol. The number of nitrogens with zero attached hydrogens (tertiary/aromatic N) is 4. The molecule has 24 heavy (non-hydrogen) atoms. The van der Waals surface area contributed by atoms with Gasteiger partial charge in [0.25, 0.3) is 5.91 Å². The van der Waals surface area contributed by atoms with Crippen LogP contribution in [-0.2, 0) is 7.05 Å². The van der Waals surface area contributed by atoms with Gasteiger partial charge in [-0.15, -0.1) is 0 Å². The number of benzene rings is 1. The highest BCUT2D eigenvalue weighted by molar-refractivity contribution is 6.35. The van der Waals surface area contributed by atoms with Gasteiger partial charge in [0.2, 0.25) is 5.82 Å². The maximum atomic E-state index is 12.4. The maximum absolute atomic E-state index is 12.4. The summed E-state index contributed by atoms with van der Waals surface area (Å²) >= 11 is 12.2. The average Bonchev–Trinajstić information content (AvgIpc) is 2.89. The molecule has 2 aromatic heterocycles. The van der Waals surface area contributed by atoms with Gasteiger partial charge in [0, 0.05) is 29.4 Å². The molecule has 3 rings (SSSR count). The van der Waals surface area contributed by atoms with E-state index in [1.54, 1.807) is 42.2 Å². The van der Waals surface area contributed by atoms with Gasteiger partial charge < -0.3 is 5.32 Å². The second-order valence-corrected chi connectivity index (χ2v) is 5.99. The lowest BCUT2D eigenvalue weighted by atomic mass is 10.1. The van der Waals surface area contributed by atoms with Crippen LogP contribution in [-0.4, -0.2) is 25.7 Å². The highest BCUT2D eigenvalue weighted by Crippen LogP contribution is 2.29. The van der Waals surface area contributed by atoms with E-state index in [2.05, 4.69) is 20.4 Å². The predicted molar refractivity (Wildman–Crippen MR) is 93.4 cm³/mol. The summed E-state index contributed by atoms with van der Waals surface area (Å²) in [5.74, 6) is 0.195. The van der Waals surface area contributed by atoms with Crippen LogP contribution in [0.4, 0.5) is 5.82 Å². The van der Waals surface area contributed by atoms with E-state index in [1.807, 2.05) is 6.92 Å². The Morgan fingerprint density at radius 2 is 2.04 bits per heavy atom. The first-order valence-corrected chi connectivity index (χ1v) is 7.79. The van der Waals surface area contributed by atoms with E-state index in [9.17, 15) is 4.79 Å². The zero-order valence-electron chi connectivity index (χ0n) is 12.9. The van der Waals surface area contributed by atoms with Crippen molar-refractivity contribution < 1.29 is 4.79 Å². The molecule has 0 fully saturated rings. The number of aryl methyl sites for hydroxylation is 2. The first kappa shape index (κ1) is 16.4. The van der Waals surface area contributed by atoms with Gasteiger partial charge in [0.15, 0.2) is 0 Å². The van der Waals surface area contributed by atoms with Crippen molar-refractivity contribution >= 4 is 34.9 Å². The normalized spacial score (nSPS) is 10.7. The van der Waals surface area contributed by atoms with E-state index >= 15 is 0 Å². The molecule has 0 bridgehead atoms. The molecule has 122 valence electrons. The van der Waals surface area contributed by atoms with E-state index in [1.165, 1.54) is 6.20 Å². The van der Waals surface area contributed by atoms with E-state index in [4.69, 9.17) is 23.2 Å². The van der Waals surface area contributed by atoms with Crippen molar-refractivity contribution in [2.75, 3.05) is 5.32 Å². The Bertz CT molecular complexity index is 903. The van der Waals surface area contributed by atoms with Crippen LogP contribution in [0.3, 0.4) is 0 Å². The lowest BCUT2D eigenvalue weighted by Gasteiger charge is -2.08. The molecule has 0 saturated heterocycles. The Labute approximate surface area is 148 Å². The summed E-state index contributed by atoms with van der Waals surface area (Å²) in [4.78, 5) is 20.7. The van der Waals surface area contributed by atoms with Crippen molar-refractivity contribution in [2.45, 2.75) is 6.92 Å². The minimum absolute atomic E-state index is 0.0316. The topological polar surface area (TPSA) is 72.7 Å². The van der Waals surface area contributed by atoms with Crippen molar-refractivity contribution in [1.82, 2.24) is 19.7 Å². The number of amides is 1. The van der Waals surface area contributed by atoms with Gasteiger partial charge in [0.05, 0.1) is 16.9 Å². The lowest BCUT2D eigenvalue weighted by Crippen LogP contribution is -2.18. The Morgan fingerprint density at radius 1 is 1.25 bits per heavy atom. The molecule has 8 heteroatoms. The number of nitrogens with one attached hydrogen (secondary N) is 1. The maximum Gasteiger partial charge on any atom is 0.294 e. The van der Waals surface area contributed by atoms with Crippen LogP contribution in [0.1, 0.15) is 16.2 Å². The molecule has 0 unspecified atom stereocenters. The van der Waals surface area contributed by atoms with Gasteiger partial charge >= 0.3 is 0 Å². The molecule has 1 N–H and O–H groups in total. The third kappa shape index (κ3) is 3.25. The summed E-state index contributed by atoms with van der Waals surface area (Å²) in [6.07, 6.45) is 3.17. The largest absolute Gasteiger partial charge is 0.304 e. The summed E-state index contributed by atoms with van der Waals surface area (Å²) in [6.45, 7) is 1.85. The molecular weight excluding hydrogens is 349 g/mol. The fourth-order valence-electron chi connectivity index (χ4n) is 2.20. The number of hydrogen-bond donors (Lipinski definition) is 1. The predicted octanol–water partition coefficient (Wildman–Crippen LogP) is 3.74. The standard InChI is InChI=1S/C16H13Cl2N5O/c1-9-8-20-23(2)15(9)22-16(24)14-19-6-5-13(21-14)11-7-10(17)3-4-12(11)18/h3-8H,1-2H3,(H,22,24). The molecule has 0 spiro atoms. The van der Waals surface area contributed by atoms with Crippen LogP contribution < -0.4 is 5.32 Å². The Morgan fingerprint density at radius 3 is 2.75 bits per heavy atom. The second kappa shape index (κ2) is 6.59. The van der Waals surface area contributed by atoms with Gasteiger partial charge in [-0.2, -0.15) is 5.10 Å². The minimum atomic E-state index is -0.429. The number of rotatable bonds is 3.